The lowest BCUT2D eigenvalue weighted by Gasteiger charge is -2.45. The van der Waals surface area contributed by atoms with Gasteiger partial charge in [0.05, 0.1) is 13.2 Å². The Morgan fingerprint density at radius 1 is 1.31 bits per heavy atom. The number of hydrogen-bond acceptors (Lipinski definition) is 6. The molecule has 0 radical (unpaired) electrons. The minimum absolute atomic E-state index is 0.430. The molecule has 1 fully saturated rings. The van der Waals surface area contributed by atoms with Crippen LogP contribution in [-0.4, -0.2) is 76.0 Å². The fourth-order valence-electron chi connectivity index (χ4n) is 3.75. The number of aromatic nitrogens is 3. The minimum Gasteiger partial charge on any atom is -0.383 e. The van der Waals surface area contributed by atoms with Crippen LogP contribution >= 0.6 is 11.3 Å². The molecular weight excluding hydrogens is 386 g/mol. The number of nitrogens with one attached hydrogen (secondary N) is 1. The van der Waals surface area contributed by atoms with Crippen LogP contribution in [0, 0.1) is 6.92 Å². The van der Waals surface area contributed by atoms with Crippen LogP contribution in [0.4, 0.5) is 0 Å². The number of thiophene rings is 1. The van der Waals surface area contributed by atoms with Crippen LogP contribution < -0.4 is 5.32 Å². The second kappa shape index (κ2) is 10.2. The first kappa shape index (κ1) is 21.7. The highest BCUT2D eigenvalue weighted by atomic mass is 32.1. The molecule has 0 aliphatic carbocycles. The highest BCUT2D eigenvalue weighted by Crippen LogP contribution is 2.16. The van der Waals surface area contributed by atoms with E-state index >= 15 is 0 Å². The monoisotopic (exact) mass is 419 g/mol. The van der Waals surface area contributed by atoms with E-state index in [1.807, 2.05) is 18.5 Å². The number of hydrogen-bond donors (Lipinski definition) is 1. The van der Waals surface area contributed by atoms with Gasteiger partial charge >= 0.3 is 0 Å². The number of ether oxygens (including phenoxy) is 1. The molecule has 0 saturated carbocycles. The van der Waals surface area contributed by atoms with Gasteiger partial charge in [0.2, 0.25) is 0 Å². The molecule has 1 saturated heterocycles. The molecule has 0 amide bonds. The molecule has 0 spiro atoms. The predicted octanol–water partition coefficient (Wildman–Crippen LogP) is 1.87. The van der Waals surface area contributed by atoms with Gasteiger partial charge in [-0.1, -0.05) is 6.07 Å². The first-order chi connectivity index (χ1) is 14.0. The van der Waals surface area contributed by atoms with Crippen LogP contribution in [0.1, 0.15) is 30.4 Å². The lowest BCUT2D eigenvalue weighted by Crippen LogP contribution is -2.60. The predicted molar refractivity (Wildman–Crippen MR) is 117 cm³/mol. The highest BCUT2D eigenvalue weighted by molar-refractivity contribution is 7.09. The third-order valence-electron chi connectivity index (χ3n) is 5.51. The zero-order chi connectivity index (χ0) is 20.8. The lowest BCUT2D eigenvalue weighted by atomic mass is 10.1. The molecule has 160 valence electrons. The van der Waals surface area contributed by atoms with E-state index in [2.05, 4.69) is 56.7 Å². The fraction of sp³-hybridized carbons (Fsp3) is 0.650. The lowest BCUT2D eigenvalue weighted by molar-refractivity contribution is 0.0443. The highest BCUT2D eigenvalue weighted by Gasteiger charge is 2.30. The van der Waals surface area contributed by atoms with E-state index in [-0.39, 0.29) is 0 Å². The number of methoxy groups -OCH3 is 1. The van der Waals surface area contributed by atoms with Crippen molar-refractivity contribution < 1.29 is 4.74 Å². The molecule has 2 aromatic rings. The number of guanidine groups is 1. The summed E-state index contributed by atoms with van der Waals surface area (Å²) >= 11 is 1.76. The molecular formula is C20H33N7OS. The zero-order valence-electron chi connectivity index (χ0n) is 18.1. The Morgan fingerprint density at radius 3 is 2.66 bits per heavy atom. The number of aliphatic imine (C=N–C) groups is 1. The van der Waals surface area contributed by atoms with E-state index in [9.17, 15) is 0 Å². The fourth-order valence-corrected chi connectivity index (χ4v) is 4.39. The van der Waals surface area contributed by atoms with Crippen LogP contribution in [0.3, 0.4) is 0 Å². The Balaban J connectivity index is 1.73. The summed E-state index contributed by atoms with van der Waals surface area (Å²) < 4.78 is 7.29. The summed E-state index contributed by atoms with van der Waals surface area (Å²) in [5, 5.41) is 14.1. The van der Waals surface area contributed by atoms with Gasteiger partial charge in [-0.2, -0.15) is 0 Å². The normalized spacial score (nSPS) is 21.0. The van der Waals surface area contributed by atoms with E-state index in [0.29, 0.717) is 18.6 Å². The van der Waals surface area contributed by atoms with E-state index in [1.165, 1.54) is 4.88 Å². The molecule has 29 heavy (non-hydrogen) atoms. The van der Waals surface area contributed by atoms with Gasteiger partial charge in [0.1, 0.15) is 12.4 Å². The maximum atomic E-state index is 5.29. The largest absolute Gasteiger partial charge is 0.383 e. The van der Waals surface area contributed by atoms with Crippen molar-refractivity contribution in [3.8, 4) is 0 Å². The Labute approximate surface area is 177 Å². The van der Waals surface area contributed by atoms with Gasteiger partial charge in [0.15, 0.2) is 11.8 Å². The number of piperazine rings is 1. The smallest absolute Gasteiger partial charge is 0.194 e. The average molecular weight is 420 g/mol. The summed E-state index contributed by atoms with van der Waals surface area (Å²) in [5.41, 5.74) is 0. The molecule has 1 aliphatic rings. The molecule has 8 nitrogen and oxygen atoms in total. The van der Waals surface area contributed by atoms with E-state index in [0.717, 1.165) is 50.4 Å². The number of aryl methyl sites for hydroxylation is 1. The molecule has 9 heteroatoms. The summed E-state index contributed by atoms with van der Waals surface area (Å²) in [4.78, 5) is 11.1. The van der Waals surface area contributed by atoms with Gasteiger partial charge in [0.25, 0.3) is 0 Å². The van der Waals surface area contributed by atoms with Crippen molar-refractivity contribution in [2.75, 3.05) is 33.4 Å². The van der Waals surface area contributed by atoms with Gasteiger partial charge < -0.3 is 19.5 Å². The summed E-state index contributed by atoms with van der Waals surface area (Å²) in [6.45, 7) is 11.4. The van der Waals surface area contributed by atoms with Crippen molar-refractivity contribution in [3.63, 3.8) is 0 Å². The molecule has 2 aromatic heterocycles. The number of rotatable bonds is 7. The molecule has 3 rings (SSSR count). The van der Waals surface area contributed by atoms with Crippen molar-refractivity contribution in [1.82, 2.24) is 29.9 Å². The van der Waals surface area contributed by atoms with Gasteiger partial charge in [-0.3, -0.25) is 4.90 Å². The maximum absolute atomic E-state index is 5.29. The Hall–Kier alpha value is -1.97. The Bertz CT molecular complexity index is 777. The van der Waals surface area contributed by atoms with Crippen molar-refractivity contribution >= 4 is 17.3 Å². The summed E-state index contributed by atoms with van der Waals surface area (Å²) in [5.74, 6) is 2.71. The van der Waals surface area contributed by atoms with Crippen LogP contribution in [0.15, 0.2) is 22.5 Å². The first-order valence-corrected chi connectivity index (χ1v) is 11.0. The number of nitrogens with zero attached hydrogens (tertiary/aromatic N) is 6. The van der Waals surface area contributed by atoms with E-state index < -0.39 is 0 Å². The SMILES string of the molecule is COCCN1C(C)CN(C(=NCc2nnc(C)n2C)NCc2cccs2)CC1C. The third kappa shape index (κ3) is 5.55. The van der Waals surface area contributed by atoms with Crippen molar-refractivity contribution in [2.24, 2.45) is 12.0 Å². The van der Waals surface area contributed by atoms with Crippen LogP contribution in [0.5, 0.6) is 0 Å². The minimum atomic E-state index is 0.430. The zero-order valence-corrected chi connectivity index (χ0v) is 18.9. The topological polar surface area (TPSA) is 70.8 Å². The van der Waals surface area contributed by atoms with Gasteiger partial charge in [-0.25, -0.2) is 4.99 Å². The van der Waals surface area contributed by atoms with Crippen molar-refractivity contribution in [2.45, 2.75) is 45.9 Å². The molecule has 1 aliphatic heterocycles. The Morgan fingerprint density at radius 2 is 2.07 bits per heavy atom. The van der Waals surface area contributed by atoms with Crippen LogP contribution in [0.25, 0.3) is 0 Å². The van der Waals surface area contributed by atoms with E-state index in [4.69, 9.17) is 9.73 Å². The third-order valence-corrected chi connectivity index (χ3v) is 6.38. The van der Waals surface area contributed by atoms with Gasteiger partial charge in [-0.05, 0) is 32.2 Å². The van der Waals surface area contributed by atoms with Crippen molar-refractivity contribution in [1.29, 1.82) is 0 Å². The van der Waals surface area contributed by atoms with E-state index in [1.54, 1.807) is 18.4 Å². The molecule has 2 atom stereocenters. The molecule has 3 heterocycles. The second-order valence-electron chi connectivity index (χ2n) is 7.63. The summed E-state index contributed by atoms with van der Waals surface area (Å²) in [7, 11) is 3.75. The van der Waals surface area contributed by atoms with Crippen molar-refractivity contribution in [3.05, 3.63) is 34.0 Å². The molecule has 2 unspecified atom stereocenters. The quantitative estimate of drug-likeness (QED) is 0.546. The first-order valence-electron chi connectivity index (χ1n) is 10.1. The van der Waals surface area contributed by atoms with Crippen LogP contribution in [0.2, 0.25) is 0 Å². The standard InChI is InChI=1S/C20H33N7OS/c1-15-13-26(14-16(2)27(15)8-9-28-5)20(21-11-18-7-6-10-29-18)22-12-19-24-23-17(3)25(19)4/h6-7,10,15-16H,8-9,11-14H2,1-5H3,(H,21,22). The van der Waals surface area contributed by atoms with Crippen LogP contribution in [-0.2, 0) is 24.9 Å². The van der Waals surface area contributed by atoms with Gasteiger partial charge in [0, 0.05) is 50.8 Å². The summed E-state index contributed by atoms with van der Waals surface area (Å²) in [6, 6.07) is 5.09. The molecule has 1 N–H and O–H groups in total. The Kier molecular flexibility index (Phi) is 7.63. The average Bonchev–Trinajstić information content (AvgIpc) is 3.32. The molecule has 0 aromatic carbocycles. The maximum Gasteiger partial charge on any atom is 0.194 e. The summed E-state index contributed by atoms with van der Waals surface area (Å²) in [6.07, 6.45) is 0. The molecule has 0 bridgehead atoms. The van der Waals surface area contributed by atoms with Gasteiger partial charge in [-0.15, -0.1) is 21.5 Å². The second-order valence-corrected chi connectivity index (χ2v) is 8.66.